The first-order valence-electron chi connectivity index (χ1n) is 3.00. The third-order valence-electron chi connectivity index (χ3n) is 1.50. The van der Waals surface area contributed by atoms with E-state index in [1.165, 1.54) is 0 Å². The number of rotatable bonds is 0. The Morgan fingerprint density at radius 3 is 0.667 bits per heavy atom. The molecule has 1 heterocycles. The average molecular weight is 181 g/mol. The van der Waals surface area contributed by atoms with Gasteiger partial charge in [0.15, 0.2) is 0 Å². The second kappa shape index (κ2) is 3.32. The molecule has 1 aliphatic rings. The zero-order valence-corrected chi connectivity index (χ0v) is 12.7. The van der Waals surface area contributed by atoms with Crippen LogP contribution in [0.2, 0.25) is 0 Å². The molecule has 0 saturated carbocycles. The number of hydrogen-bond donors (Lipinski definition) is 0. The topological polar surface area (TPSA) is 0 Å². The highest BCUT2D eigenvalue weighted by atomic mass is 30.1. The van der Waals surface area contributed by atoms with Gasteiger partial charge >= 0.3 is 0 Å². The van der Waals surface area contributed by atoms with Crippen molar-refractivity contribution in [2.24, 2.45) is 0 Å². The zero-order valence-electron chi connectivity index (χ0n) is 4.24. The molecule has 0 radical (unpaired) electrons. The lowest BCUT2D eigenvalue weighted by molar-refractivity contribution is 3.75. The summed E-state index contributed by atoms with van der Waals surface area (Å²) in [5.74, 6) is 0. The maximum Gasteiger partial charge on any atom is -0.00934 e. The lowest BCUT2D eigenvalue weighted by Crippen LogP contribution is -2.38. The molecule has 1 aliphatic heterocycles. The predicted molar refractivity (Wildman–Crippen MR) is 51.3 cm³/mol. The smallest absolute Gasteiger partial charge is 0.00934 e. The molecule has 0 bridgehead atoms. The van der Waals surface area contributed by atoms with Gasteiger partial charge in [-0.25, -0.2) is 0 Å². The molecule has 6 heavy (non-hydrogen) atoms. The highest BCUT2D eigenvalue weighted by Crippen LogP contribution is 1.62. The van der Waals surface area contributed by atoms with E-state index in [0.29, 0.717) is 0 Å². The van der Waals surface area contributed by atoms with Gasteiger partial charge < -0.3 is 0 Å². The largest absolute Gasteiger partial charge is 0.00934 e. The van der Waals surface area contributed by atoms with Gasteiger partial charge in [-0.05, 0) is 51.3 Å². The lowest BCUT2D eigenvalue weighted by atomic mass is 26.1. The number of hydrogen-bond acceptors (Lipinski definition) is 0. The second-order valence-electron chi connectivity index (χ2n) is 2.12. The van der Waals surface area contributed by atoms with Crippen LogP contribution >= 0.6 is 0 Å². The Labute approximate surface area is 51.5 Å². The summed E-state index contributed by atoms with van der Waals surface area (Å²) in [7, 11) is 5.67. The van der Waals surface area contributed by atoms with Crippen LogP contribution < -0.4 is 0 Å². The maximum absolute atomic E-state index is 0.944. The summed E-state index contributed by atoms with van der Waals surface area (Å²) in [6.07, 6.45) is 0. The van der Waals surface area contributed by atoms with Crippen LogP contribution in [0.5, 0.6) is 0 Å². The Balaban J connectivity index is 2.00. The molecule has 0 aliphatic carbocycles. The third kappa shape index (κ3) is 1.84. The van der Waals surface area contributed by atoms with E-state index in [-0.39, 0.29) is 0 Å². The normalized spacial score (nSPS) is 48.0. The van der Waals surface area contributed by atoms with E-state index in [4.69, 9.17) is 0 Å². The molecule has 0 aromatic heterocycles. The van der Waals surface area contributed by atoms with Crippen molar-refractivity contribution in [3.8, 4) is 0 Å². The minimum absolute atomic E-state index is 0.944. The Kier molecular flexibility index (Phi) is 3.01. The zero-order chi connectivity index (χ0) is 4.24. The van der Waals surface area contributed by atoms with Crippen LogP contribution in [0.25, 0.3) is 0 Å². The van der Waals surface area contributed by atoms with Crippen LogP contribution in [0.1, 0.15) is 0 Å². The van der Waals surface area contributed by atoms with Gasteiger partial charge in [-0.1, -0.05) is 0 Å². The molecule has 0 aromatic carbocycles. The average Bonchev–Trinajstić information content (AvgIpc) is 1.72. The molecular formula is H12Si6. The first-order chi connectivity index (χ1) is 3.00. The summed E-state index contributed by atoms with van der Waals surface area (Å²) in [6.45, 7) is 0. The quantitative estimate of drug-likeness (QED) is 0.327. The summed E-state index contributed by atoms with van der Waals surface area (Å²) in [6, 6.07) is 0. The van der Waals surface area contributed by atoms with Crippen LogP contribution in [-0.2, 0) is 0 Å². The standard InChI is InChI=1S/H12Si6/c1-2-4-6-5-3-1/h1-6H2. The van der Waals surface area contributed by atoms with Crippen LogP contribution in [0, 0.1) is 0 Å². The Hall–Kier alpha value is 1.30. The van der Waals surface area contributed by atoms with E-state index >= 15 is 0 Å². The molecule has 0 aromatic rings. The first kappa shape index (κ1) is 5.44. The van der Waals surface area contributed by atoms with Crippen molar-refractivity contribution in [1.29, 1.82) is 0 Å². The minimum Gasteiger partial charge on any atom is -0.00934 e. The van der Waals surface area contributed by atoms with Gasteiger partial charge in [0, 0.05) is 0 Å². The Morgan fingerprint density at radius 2 is 0.500 bits per heavy atom. The first-order valence-corrected chi connectivity index (χ1v) is 27.0. The summed E-state index contributed by atoms with van der Waals surface area (Å²) < 4.78 is 0. The second-order valence-corrected chi connectivity index (χ2v) is 57.3. The van der Waals surface area contributed by atoms with Crippen molar-refractivity contribution >= 4 is 51.3 Å². The van der Waals surface area contributed by atoms with Crippen LogP contribution in [-0.4, -0.2) is 51.3 Å². The third-order valence-corrected chi connectivity index (χ3v) is 121. The molecule has 0 amide bonds. The highest BCUT2D eigenvalue weighted by Gasteiger charge is 1.99. The fourth-order valence-electron chi connectivity index (χ4n) is 1.06. The van der Waals surface area contributed by atoms with Crippen molar-refractivity contribution in [2.75, 3.05) is 0 Å². The molecule has 36 valence electrons. The molecule has 1 fully saturated rings. The van der Waals surface area contributed by atoms with Gasteiger partial charge in [-0.3, -0.25) is 0 Å². The molecule has 0 nitrogen and oxygen atoms in total. The minimum atomic E-state index is 0.944. The van der Waals surface area contributed by atoms with Gasteiger partial charge in [0.1, 0.15) is 0 Å². The Bertz CT molecular complexity index is 15.5. The van der Waals surface area contributed by atoms with Crippen LogP contribution in [0.15, 0.2) is 0 Å². The SMILES string of the molecule is [SiH2]1[SiH2][SiH2][SiH2][SiH2][SiH2]1. The van der Waals surface area contributed by atoms with Crippen LogP contribution in [0.3, 0.4) is 0 Å². The van der Waals surface area contributed by atoms with Gasteiger partial charge in [-0.15, -0.1) is 0 Å². The molecule has 0 unspecified atom stereocenters. The summed E-state index contributed by atoms with van der Waals surface area (Å²) in [5.41, 5.74) is 0. The van der Waals surface area contributed by atoms with E-state index in [9.17, 15) is 0 Å². The summed E-state index contributed by atoms with van der Waals surface area (Å²) >= 11 is 0. The van der Waals surface area contributed by atoms with Gasteiger partial charge in [-0.2, -0.15) is 0 Å². The monoisotopic (exact) mass is 180 g/mol. The van der Waals surface area contributed by atoms with E-state index < -0.39 is 0 Å². The van der Waals surface area contributed by atoms with Crippen molar-refractivity contribution in [2.45, 2.75) is 0 Å². The molecule has 1 rings (SSSR count). The predicted octanol–water partition coefficient (Wildman–Crippen LogP) is -5.50. The summed E-state index contributed by atoms with van der Waals surface area (Å²) in [4.78, 5) is 0. The van der Waals surface area contributed by atoms with Crippen molar-refractivity contribution in [3.63, 3.8) is 0 Å². The molecular weight excluding hydrogens is 169 g/mol. The van der Waals surface area contributed by atoms with Crippen molar-refractivity contribution < 1.29 is 0 Å². The molecule has 0 atom stereocenters. The van der Waals surface area contributed by atoms with Crippen molar-refractivity contribution in [3.05, 3.63) is 0 Å². The van der Waals surface area contributed by atoms with E-state index in [2.05, 4.69) is 0 Å². The lowest BCUT2D eigenvalue weighted by Gasteiger charge is -2.01. The summed E-state index contributed by atoms with van der Waals surface area (Å²) in [5, 5.41) is 0. The fourth-order valence-corrected chi connectivity index (χ4v) is 258. The highest BCUT2D eigenvalue weighted by molar-refractivity contribution is 7.76. The Morgan fingerprint density at radius 1 is 0.333 bits per heavy atom. The molecule has 0 N–H and O–H groups in total. The van der Waals surface area contributed by atoms with Gasteiger partial charge in [0.25, 0.3) is 0 Å². The fraction of sp³-hybridized carbons (Fsp3) is 0. The van der Waals surface area contributed by atoms with E-state index in [1.54, 1.807) is 0 Å². The maximum atomic E-state index is 0.944. The van der Waals surface area contributed by atoms with E-state index in [1.807, 2.05) is 0 Å². The van der Waals surface area contributed by atoms with Gasteiger partial charge in [0.05, 0.1) is 0 Å². The molecule has 6 heteroatoms. The van der Waals surface area contributed by atoms with Crippen LogP contribution in [0.4, 0.5) is 0 Å². The van der Waals surface area contributed by atoms with Gasteiger partial charge in [0.2, 0.25) is 0 Å². The van der Waals surface area contributed by atoms with E-state index in [0.717, 1.165) is 51.3 Å². The van der Waals surface area contributed by atoms with Crippen molar-refractivity contribution in [1.82, 2.24) is 0 Å². The molecule has 1 saturated heterocycles. The molecule has 0 spiro atoms.